The molecule has 0 bridgehead atoms. The molecule has 1 saturated carbocycles. The maximum absolute atomic E-state index is 12.7. The van der Waals surface area contributed by atoms with E-state index in [-0.39, 0.29) is 12.5 Å². The molecule has 7 nitrogen and oxygen atoms in total. The number of benzene rings is 2. The summed E-state index contributed by atoms with van der Waals surface area (Å²) < 4.78 is 1.89. The predicted molar refractivity (Wildman–Crippen MR) is 103 cm³/mol. The normalized spacial score (nSPS) is 15.6. The number of aromatic nitrogens is 4. The van der Waals surface area contributed by atoms with Crippen molar-refractivity contribution in [3.8, 4) is 11.4 Å². The van der Waals surface area contributed by atoms with Crippen LogP contribution in [0.4, 0.5) is 11.4 Å². The number of carbonyl (C=O) groups is 1. The largest absolute Gasteiger partial charge is 0.376 e. The van der Waals surface area contributed by atoms with E-state index < -0.39 is 0 Å². The molecule has 1 amide bonds. The minimum absolute atomic E-state index is 0.0770. The van der Waals surface area contributed by atoms with Crippen molar-refractivity contribution in [3.63, 3.8) is 0 Å². The molecule has 0 unspecified atom stereocenters. The average Bonchev–Trinajstić information content (AvgIpc) is 3.27. The predicted octanol–water partition coefficient (Wildman–Crippen LogP) is 2.68. The van der Waals surface area contributed by atoms with Crippen molar-refractivity contribution < 1.29 is 4.79 Å². The zero-order valence-electron chi connectivity index (χ0n) is 14.9. The van der Waals surface area contributed by atoms with Crippen LogP contribution < -0.4 is 10.2 Å². The van der Waals surface area contributed by atoms with Crippen LogP contribution in [0, 0.1) is 0 Å². The van der Waals surface area contributed by atoms with E-state index in [2.05, 4.69) is 26.9 Å². The molecule has 2 heterocycles. The molecule has 0 saturated heterocycles. The van der Waals surface area contributed by atoms with Crippen molar-refractivity contribution >= 4 is 17.3 Å². The zero-order chi connectivity index (χ0) is 18.2. The lowest BCUT2D eigenvalue weighted by molar-refractivity contribution is -0.116. The van der Waals surface area contributed by atoms with Crippen molar-refractivity contribution in [1.29, 1.82) is 0 Å². The second-order valence-corrected chi connectivity index (χ2v) is 7.04. The number of rotatable bonds is 5. The van der Waals surface area contributed by atoms with Gasteiger partial charge in [-0.05, 0) is 53.5 Å². The second kappa shape index (κ2) is 6.50. The van der Waals surface area contributed by atoms with Crippen molar-refractivity contribution in [1.82, 2.24) is 20.2 Å². The third-order valence-electron chi connectivity index (χ3n) is 5.14. The highest BCUT2D eigenvalue weighted by Gasteiger charge is 2.28. The molecule has 0 radical (unpaired) electrons. The van der Waals surface area contributed by atoms with Crippen LogP contribution in [0.15, 0.2) is 48.5 Å². The van der Waals surface area contributed by atoms with E-state index in [0.717, 1.165) is 48.6 Å². The van der Waals surface area contributed by atoms with Crippen molar-refractivity contribution in [3.05, 3.63) is 54.1 Å². The maximum atomic E-state index is 12.7. The zero-order valence-corrected chi connectivity index (χ0v) is 14.9. The summed E-state index contributed by atoms with van der Waals surface area (Å²) >= 11 is 0. The number of hydrogen-bond acceptors (Lipinski definition) is 5. The Morgan fingerprint density at radius 2 is 2.04 bits per heavy atom. The summed E-state index contributed by atoms with van der Waals surface area (Å²) in [6.07, 6.45) is 3.17. The van der Waals surface area contributed by atoms with Gasteiger partial charge in [0.05, 0.1) is 12.6 Å². The smallest absolute Gasteiger partial charge is 0.246 e. The topological polar surface area (TPSA) is 75.9 Å². The Bertz CT molecular complexity index is 993. The van der Waals surface area contributed by atoms with Crippen LogP contribution >= 0.6 is 0 Å². The highest BCUT2D eigenvalue weighted by Crippen LogP contribution is 2.36. The van der Waals surface area contributed by atoms with Crippen LogP contribution in [-0.4, -0.2) is 39.2 Å². The van der Waals surface area contributed by atoms with E-state index in [9.17, 15) is 4.79 Å². The van der Waals surface area contributed by atoms with Gasteiger partial charge < -0.3 is 10.2 Å². The molecular formula is C20H20N6O. The van der Waals surface area contributed by atoms with Gasteiger partial charge in [0, 0.05) is 23.5 Å². The van der Waals surface area contributed by atoms with Crippen LogP contribution in [0.2, 0.25) is 0 Å². The number of carbonyl (C=O) groups excluding carboxylic acids is 1. The lowest BCUT2D eigenvalue weighted by Crippen LogP contribution is -2.34. The summed E-state index contributed by atoms with van der Waals surface area (Å²) in [5.41, 5.74) is 4.11. The number of para-hydroxylation sites is 1. The summed E-state index contributed by atoms with van der Waals surface area (Å²) in [5, 5.41) is 15.3. The van der Waals surface area contributed by atoms with Crippen LogP contribution in [0.1, 0.15) is 24.4 Å². The second-order valence-electron chi connectivity index (χ2n) is 7.04. The number of fused-ring (bicyclic) bond motifs is 1. The van der Waals surface area contributed by atoms with E-state index in [0.29, 0.717) is 6.04 Å². The Balaban J connectivity index is 1.29. The van der Waals surface area contributed by atoms with Gasteiger partial charge in [0.2, 0.25) is 5.91 Å². The van der Waals surface area contributed by atoms with Gasteiger partial charge in [-0.2, -0.15) is 0 Å². The molecule has 1 N–H and O–H groups in total. The van der Waals surface area contributed by atoms with Gasteiger partial charge in [-0.25, -0.2) is 4.68 Å². The molecule has 136 valence electrons. The lowest BCUT2D eigenvalue weighted by atomic mass is 10.2. The third kappa shape index (κ3) is 3.05. The molecule has 5 rings (SSSR count). The summed E-state index contributed by atoms with van der Waals surface area (Å²) in [6, 6.07) is 16.4. The Morgan fingerprint density at radius 1 is 1.15 bits per heavy atom. The van der Waals surface area contributed by atoms with Gasteiger partial charge in [0.15, 0.2) is 5.82 Å². The maximum Gasteiger partial charge on any atom is 0.246 e. The van der Waals surface area contributed by atoms with Crippen molar-refractivity contribution in [2.75, 3.05) is 23.3 Å². The number of amides is 1. The first-order valence-electron chi connectivity index (χ1n) is 9.30. The summed E-state index contributed by atoms with van der Waals surface area (Å²) in [7, 11) is 0. The van der Waals surface area contributed by atoms with Gasteiger partial charge in [0.1, 0.15) is 0 Å². The molecule has 0 spiro atoms. The molecule has 1 aliphatic heterocycles. The first kappa shape index (κ1) is 16.0. The van der Waals surface area contributed by atoms with E-state index in [1.165, 1.54) is 5.56 Å². The SMILES string of the molecule is O=C(CNc1cccc(-c2nnnn2C2CC2)c1)N1CCc2ccccc21. The molecule has 1 fully saturated rings. The number of nitrogens with one attached hydrogen (secondary N) is 1. The Hall–Kier alpha value is -3.22. The molecule has 1 aliphatic carbocycles. The number of hydrogen-bond donors (Lipinski definition) is 1. The fourth-order valence-corrected chi connectivity index (χ4v) is 3.59. The number of anilines is 2. The Labute approximate surface area is 157 Å². The van der Waals surface area contributed by atoms with Crippen LogP contribution in [0.5, 0.6) is 0 Å². The third-order valence-corrected chi connectivity index (χ3v) is 5.14. The van der Waals surface area contributed by atoms with Gasteiger partial charge >= 0.3 is 0 Å². The van der Waals surface area contributed by atoms with E-state index in [1.807, 2.05) is 52.0 Å². The molecule has 0 atom stereocenters. The van der Waals surface area contributed by atoms with E-state index in [4.69, 9.17) is 0 Å². The quantitative estimate of drug-likeness (QED) is 0.757. The molecule has 27 heavy (non-hydrogen) atoms. The molecule has 1 aromatic heterocycles. The number of nitrogens with zero attached hydrogens (tertiary/aromatic N) is 5. The molecule has 7 heteroatoms. The fourth-order valence-electron chi connectivity index (χ4n) is 3.59. The molecule has 3 aromatic rings. The average molecular weight is 360 g/mol. The monoisotopic (exact) mass is 360 g/mol. The molecule has 2 aromatic carbocycles. The van der Waals surface area contributed by atoms with E-state index in [1.54, 1.807) is 0 Å². The minimum Gasteiger partial charge on any atom is -0.376 e. The van der Waals surface area contributed by atoms with E-state index >= 15 is 0 Å². The van der Waals surface area contributed by atoms with Crippen LogP contribution in [0.3, 0.4) is 0 Å². The highest BCUT2D eigenvalue weighted by atomic mass is 16.2. The Kier molecular flexibility index (Phi) is 3.85. The standard InChI is InChI=1S/C20H20N6O/c27-19(25-11-10-14-4-1-2-7-18(14)25)13-21-16-6-3-5-15(12-16)20-22-23-24-26(20)17-8-9-17/h1-7,12,17,21H,8-11,13H2. The molecule has 2 aliphatic rings. The van der Waals surface area contributed by atoms with Crippen LogP contribution in [0.25, 0.3) is 11.4 Å². The van der Waals surface area contributed by atoms with Gasteiger partial charge in [-0.15, -0.1) is 5.10 Å². The van der Waals surface area contributed by atoms with Gasteiger partial charge in [0.25, 0.3) is 0 Å². The Morgan fingerprint density at radius 3 is 2.93 bits per heavy atom. The summed E-state index contributed by atoms with van der Waals surface area (Å²) in [6.45, 7) is 1.00. The van der Waals surface area contributed by atoms with Crippen molar-refractivity contribution in [2.45, 2.75) is 25.3 Å². The highest BCUT2D eigenvalue weighted by molar-refractivity contribution is 5.98. The van der Waals surface area contributed by atoms with Gasteiger partial charge in [-0.1, -0.05) is 30.3 Å². The van der Waals surface area contributed by atoms with Crippen LogP contribution in [-0.2, 0) is 11.2 Å². The summed E-state index contributed by atoms with van der Waals surface area (Å²) in [5.74, 6) is 0.856. The number of tetrazole rings is 1. The first-order chi connectivity index (χ1) is 13.3. The summed E-state index contributed by atoms with van der Waals surface area (Å²) in [4.78, 5) is 14.5. The van der Waals surface area contributed by atoms with Gasteiger partial charge in [-0.3, -0.25) is 4.79 Å². The first-order valence-corrected chi connectivity index (χ1v) is 9.30. The minimum atomic E-state index is 0.0770. The van der Waals surface area contributed by atoms with Crippen molar-refractivity contribution in [2.24, 2.45) is 0 Å². The molecular weight excluding hydrogens is 340 g/mol. The fraction of sp³-hybridized carbons (Fsp3) is 0.300. The lowest BCUT2D eigenvalue weighted by Gasteiger charge is -2.18.